The SMILES string of the molecule is COCCOCCOCCOCN1CCOCC1. The predicted molar refractivity (Wildman–Crippen MR) is 66.7 cm³/mol. The van der Waals surface area contributed by atoms with Gasteiger partial charge in [-0.15, -0.1) is 0 Å². The highest BCUT2D eigenvalue weighted by Crippen LogP contribution is 1.96. The van der Waals surface area contributed by atoms with Crippen LogP contribution in [0.25, 0.3) is 0 Å². The van der Waals surface area contributed by atoms with Crippen molar-refractivity contribution in [3.63, 3.8) is 0 Å². The molecule has 1 rings (SSSR count). The molecule has 0 aromatic rings. The van der Waals surface area contributed by atoms with Gasteiger partial charge in [0.05, 0.1) is 59.6 Å². The van der Waals surface area contributed by atoms with Crippen LogP contribution in [0.15, 0.2) is 0 Å². The molecule has 1 saturated heterocycles. The minimum Gasteiger partial charge on any atom is -0.382 e. The molecule has 0 saturated carbocycles. The number of nitrogens with zero attached hydrogens (tertiary/aromatic N) is 1. The van der Waals surface area contributed by atoms with Crippen LogP contribution in [0.2, 0.25) is 0 Å². The fourth-order valence-electron chi connectivity index (χ4n) is 1.51. The summed E-state index contributed by atoms with van der Waals surface area (Å²) in [6.07, 6.45) is 0. The lowest BCUT2D eigenvalue weighted by atomic mass is 10.5. The number of methoxy groups -OCH3 is 1. The van der Waals surface area contributed by atoms with Crippen molar-refractivity contribution in [1.82, 2.24) is 4.90 Å². The smallest absolute Gasteiger partial charge is 0.0992 e. The molecule has 0 aromatic heterocycles. The first-order valence-corrected chi connectivity index (χ1v) is 6.46. The standard InChI is InChI=1S/C12H25NO5/c1-14-6-7-16-8-9-17-10-11-18-12-13-2-4-15-5-3-13/h2-12H2,1H3. The van der Waals surface area contributed by atoms with Crippen LogP contribution in [0.1, 0.15) is 0 Å². The Morgan fingerprint density at radius 2 is 1.39 bits per heavy atom. The van der Waals surface area contributed by atoms with Crippen molar-refractivity contribution in [2.75, 3.05) is 79.8 Å². The van der Waals surface area contributed by atoms with E-state index < -0.39 is 0 Å². The molecule has 1 aliphatic rings. The van der Waals surface area contributed by atoms with Crippen LogP contribution >= 0.6 is 0 Å². The van der Waals surface area contributed by atoms with Gasteiger partial charge in [-0.1, -0.05) is 0 Å². The second-order valence-corrected chi connectivity index (χ2v) is 3.99. The summed E-state index contributed by atoms with van der Waals surface area (Å²) in [4.78, 5) is 2.23. The zero-order valence-corrected chi connectivity index (χ0v) is 11.3. The lowest BCUT2D eigenvalue weighted by Gasteiger charge is -2.26. The van der Waals surface area contributed by atoms with E-state index in [1.807, 2.05) is 0 Å². The zero-order chi connectivity index (χ0) is 12.9. The molecule has 6 nitrogen and oxygen atoms in total. The highest BCUT2D eigenvalue weighted by Gasteiger charge is 2.09. The van der Waals surface area contributed by atoms with Crippen LogP contribution in [0, 0.1) is 0 Å². The number of rotatable bonds is 11. The summed E-state index contributed by atoms with van der Waals surface area (Å²) in [5.41, 5.74) is 0. The summed E-state index contributed by atoms with van der Waals surface area (Å²) in [7, 11) is 1.66. The van der Waals surface area contributed by atoms with Crippen molar-refractivity contribution < 1.29 is 23.7 Å². The Balaban J connectivity index is 1.73. The maximum absolute atomic E-state index is 5.50. The van der Waals surface area contributed by atoms with Gasteiger partial charge in [0.15, 0.2) is 0 Å². The Hall–Kier alpha value is -0.240. The Kier molecular flexibility index (Phi) is 10.4. The Labute approximate surface area is 109 Å². The molecule has 18 heavy (non-hydrogen) atoms. The summed E-state index contributed by atoms with van der Waals surface area (Å²) in [6, 6.07) is 0. The molecule has 1 heterocycles. The zero-order valence-electron chi connectivity index (χ0n) is 11.3. The molecule has 0 aromatic carbocycles. The molecule has 0 radical (unpaired) electrons. The topological polar surface area (TPSA) is 49.4 Å². The number of hydrogen-bond donors (Lipinski definition) is 0. The second-order valence-electron chi connectivity index (χ2n) is 3.99. The molecule has 108 valence electrons. The molecule has 0 N–H and O–H groups in total. The van der Waals surface area contributed by atoms with Crippen molar-refractivity contribution in [2.45, 2.75) is 0 Å². The molecule has 0 amide bonds. The highest BCUT2D eigenvalue weighted by atomic mass is 16.6. The molecule has 0 aliphatic carbocycles. The lowest BCUT2D eigenvalue weighted by molar-refractivity contribution is -0.0504. The first-order chi connectivity index (χ1) is 8.93. The van der Waals surface area contributed by atoms with Crippen LogP contribution in [-0.4, -0.2) is 84.7 Å². The number of morpholine rings is 1. The third-order valence-electron chi connectivity index (χ3n) is 2.55. The number of ether oxygens (including phenoxy) is 5. The Bertz CT molecular complexity index is 176. The van der Waals surface area contributed by atoms with E-state index in [0.717, 1.165) is 26.3 Å². The summed E-state index contributed by atoms with van der Waals surface area (Å²) >= 11 is 0. The average Bonchev–Trinajstić information content (AvgIpc) is 2.42. The normalized spacial score (nSPS) is 17.2. The maximum atomic E-state index is 5.50. The molecule has 0 spiro atoms. The fourth-order valence-corrected chi connectivity index (χ4v) is 1.51. The highest BCUT2D eigenvalue weighted by molar-refractivity contribution is 4.56. The third kappa shape index (κ3) is 8.79. The van der Waals surface area contributed by atoms with Crippen molar-refractivity contribution in [3.8, 4) is 0 Å². The summed E-state index contributed by atoms with van der Waals surface area (Å²) < 4.78 is 26.2. The minimum absolute atomic E-state index is 0.602. The van der Waals surface area contributed by atoms with Gasteiger partial charge >= 0.3 is 0 Å². The van der Waals surface area contributed by atoms with Gasteiger partial charge < -0.3 is 23.7 Å². The molecule has 6 heteroatoms. The average molecular weight is 263 g/mol. The van der Waals surface area contributed by atoms with Gasteiger partial charge in [-0.25, -0.2) is 0 Å². The van der Waals surface area contributed by atoms with Gasteiger partial charge in [-0.3, -0.25) is 4.90 Å². The largest absolute Gasteiger partial charge is 0.382 e. The van der Waals surface area contributed by atoms with E-state index in [9.17, 15) is 0 Å². The van der Waals surface area contributed by atoms with E-state index in [-0.39, 0.29) is 0 Å². The lowest BCUT2D eigenvalue weighted by Crippen LogP contribution is -2.38. The monoisotopic (exact) mass is 263 g/mol. The number of hydrogen-bond acceptors (Lipinski definition) is 6. The van der Waals surface area contributed by atoms with E-state index >= 15 is 0 Å². The predicted octanol–water partition coefficient (Wildman–Crippen LogP) is -0.0277. The maximum Gasteiger partial charge on any atom is 0.0992 e. The van der Waals surface area contributed by atoms with Crippen molar-refractivity contribution in [2.24, 2.45) is 0 Å². The summed E-state index contributed by atoms with van der Waals surface area (Å²) in [5.74, 6) is 0. The molecule has 0 atom stereocenters. The van der Waals surface area contributed by atoms with Crippen molar-refractivity contribution in [1.29, 1.82) is 0 Å². The first kappa shape index (κ1) is 15.8. The molecular formula is C12H25NO5. The van der Waals surface area contributed by atoms with E-state index in [4.69, 9.17) is 23.7 Å². The Morgan fingerprint density at radius 1 is 0.833 bits per heavy atom. The minimum atomic E-state index is 0.602. The van der Waals surface area contributed by atoms with Crippen LogP contribution in [0.5, 0.6) is 0 Å². The molecule has 1 aliphatic heterocycles. The van der Waals surface area contributed by atoms with E-state index in [1.54, 1.807) is 7.11 Å². The van der Waals surface area contributed by atoms with Crippen LogP contribution in [0.3, 0.4) is 0 Å². The van der Waals surface area contributed by atoms with Gasteiger partial charge in [0.25, 0.3) is 0 Å². The van der Waals surface area contributed by atoms with Crippen LogP contribution in [0.4, 0.5) is 0 Å². The molecule has 1 fully saturated rings. The van der Waals surface area contributed by atoms with Crippen molar-refractivity contribution in [3.05, 3.63) is 0 Å². The van der Waals surface area contributed by atoms with Crippen molar-refractivity contribution >= 4 is 0 Å². The summed E-state index contributed by atoms with van der Waals surface area (Å²) in [5, 5.41) is 0. The van der Waals surface area contributed by atoms with Crippen LogP contribution < -0.4 is 0 Å². The van der Waals surface area contributed by atoms with Gasteiger partial charge in [0.2, 0.25) is 0 Å². The van der Waals surface area contributed by atoms with Gasteiger partial charge in [0, 0.05) is 20.2 Å². The fraction of sp³-hybridized carbons (Fsp3) is 1.00. The Morgan fingerprint density at radius 3 is 2.00 bits per heavy atom. The summed E-state index contributed by atoms with van der Waals surface area (Å²) in [6.45, 7) is 7.86. The first-order valence-electron chi connectivity index (χ1n) is 6.46. The third-order valence-corrected chi connectivity index (χ3v) is 2.55. The van der Waals surface area contributed by atoms with Gasteiger partial charge in [-0.05, 0) is 0 Å². The molecule has 0 bridgehead atoms. The van der Waals surface area contributed by atoms with Gasteiger partial charge in [0.1, 0.15) is 0 Å². The second kappa shape index (κ2) is 11.8. The molecular weight excluding hydrogens is 238 g/mol. The van der Waals surface area contributed by atoms with Gasteiger partial charge in [-0.2, -0.15) is 0 Å². The van der Waals surface area contributed by atoms with E-state index in [1.165, 1.54) is 0 Å². The quantitative estimate of drug-likeness (QED) is 0.488. The van der Waals surface area contributed by atoms with E-state index in [0.29, 0.717) is 46.4 Å². The van der Waals surface area contributed by atoms with Crippen LogP contribution in [-0.2, 0) is 23.7 Å². The van der Waals surface area contributed by atoms with E-state index in [2.05, 4.69) is 4.90 Å². The molecule has 0 unspecified atom stereocenters.